The molecule has 39 heavy (non-hydrogen) atoms. The summed E-state index contributed by atoms with van der Waals surface area (Å²) >= 11 is 0. The molecule has 2 aliphatic heterocycles. The maximum Gasteiger partial charge on any atom is 0.322 e. The molecule has 0 spiro atoms. The number of carbonyl (C=O) groups is 1. The summed E-state index contributed by atoms with van der Waals surface area (Å²) in [5.41, 5.74) is 4.81. The average Bonchev–Trinajstić information content (AvgIpc) is 3.01. The summed E-state index contributed by atoms with van der Waals surface area (Å²) in [4.78, 5) is 31.7. The number of urea groups is 1. The molecule has 6 rings (SSSR count). The Morgan fingerprint density at radius 2 is 1.95 bits per heavy atom. The van der Waals surface area contributed by atoms with E-state index in [9.17, 15) is 4.79 Å². The zero-order chi connectivity index (χ0) is 26.6. The number of methoxy groups -OCH3 is 1. The fourth-order valence-electron chi connectivity index (χ4n) is 5.20. The highest BCUT2D eigenvalue weighted by Gasteiger charge is 2.30. The van der Waals surface area contributed by atoms with Crippen molar-refractivity contribution in [3.8, 4) is 17.1 Å². The molecule has 198 valence electrons. The predicted molar refractivity (Wildman–Crippen MR) is 151 cm³/mol. The monoisotopic (exact) mass is 521 g/mol. The molecule has 2 amide bonds. The van der Waals surface area contributed by atoms with Gasteiger partial charge in [0.05, 0.1) is 25.4 Å². The van der Waals surface area contributed by atoms with E-state index < -0.39 is 0 Å². The highest BCUT2D eigenvalue weighted by molar-refractivity contribution is 5.89. The number of benzene rings is 2. The van der Waals surface area contributed by atoms with Crippen LogP contribution in [0.4, 0.5) is 16.3 Å². The lowest BCUT2D eigenvalue weighted by molar-refractivity contribution is 0.206. The first-order valence-electron chi connectivity index (χ1n) is 13.2. The third-order valence-electron chi connectivity index (χ3n) is 7.24. The number of ether oxygens (including phenoxy) is 1. The van der Waals surface area contributed by atoms with Crippen LogP contribution in [0.5, 0.6) is 5.75 Å². The lowest BCUT2D eigenvalue weighted by atomic mass is 10.0. The number of nitrogens with one attached hydrogen (secondary N) is 2. The molecule has 9 nitrogen and oxygen atoms in total. The molecular weight excluding hydrogens is 490 g/mol. The lowest BCUT2D eigenvalue weighted by Gasteiger charge is -2.38. The molecule has 0 bridgehead atoms. The molecule has 1 unspecified atom stereocenters. The lowest BCUT2D eigenvalue weighted by Crippen LogP contribution is -2.47. The molecule has 9 heteroatoms. The molecule has 0 saturated carbocycles. The summed E-state index contributed by atoms with van der Waals surface area (Å²) in [5, 5.41) is 6.66. The van der Waals surface area contributed by atoms with Crippen LogP contribution in [-0.4, -0.2) is 59.2 Å². The zero-order valence-corrected chi connectivity index (χ0v) is 21.9. The van der Waals surface area contributed by atoms with E-state index in [-0.39, 0.29) is 12.1 Å². The summed E-state index contributed by atoms with van der Waals surface area (Å²) in [6, 6.07) is 21.6. The van der Waals surface area contributed by atoms with Gasteiger partial charge in [0.2, 0.25) is 0 Å². The highest BCUT2D eigenvalue weighted by atomic mass is 16.5. The largest absolute Gasteiger partial charge is 0.497 e. The van der Waals surface area contributed by atoms with Crippen molar-refractivity contribution in [3.63, 3.8) is 0 Å². The topological polar surface area (TPSA) is 95.5 Å². The van der Waals surface area contributed by atoms with Crippen LogP contribution < -0.4 is 20.3 Å². The number of rotatable bonds is 5. The number of pyridine rings is 1. The van der Waals surface area contributed by atoms with E-state index in [0.29, 0.717) is 25.3 Å². The van der Waals surface area contributed by atoms with Crippen molar-refractivity contribution in [1.82, 2.24) is 25.2 Å². The summed E-state index contributed by atoms with van der Waals surface area (Å²) in [6.07, 6.45) is 4.21. The number of para-hydroxylation sites is 1. The number of aromatic nitrogens is 3. The van der Waals surface area contributed by atoms with E-state index in [4.69, 9.17) is 14.7 Å². The molecule has 2 aliphatic rings. The van der Waals surface area contributed by atoms with E-state index in [1.807, 2.05) is 59.5 Å². The second kappa shape index (κ2) is 11.1. The molecule has 4 heterocycles. The number of piperazine rings is 1. The molecule has 2 N–H and O–H groups in total. The molecule has 0 aliphatic carbocycles. The minimum atomic E-state index is -0.122. The summed E-state index contributed by atoms with van der Waals surface area (Å²) in [7, 11) is 1.69. The highest BCUT2D eigenvalue weighted by Crippen LogP contribution is 2.32. The summed E-state index contributed by atoms with van der Waals surface area (Å²) in [5.74, 6) is 2.38. The Labute approximate surface area is 227 Å². The number of amides is 2. The minimum absolute atomic E-state index is 0.113. The maximum atomic E-state index is 13.2. The third-order valence-corrected chi connectivity index (χ3v) is 7.24. The van der Waals surface area contributed by atoms with Gasteiger partial charge in [-0.25, -0.2) is 14.8 Å². The first kappa shape index (κ1) is 24.8. The van der Waals surface area contributed by atoms with Gasteiger partial charge in [-0.05, 0) is 42.0 Å². The van der Waals surface area contributed by atoms with E-state index in [1.54, 1.807) is 19.5 Å². The number of fused-ring (bicyclic) bond motifs is 1. The minimum Gasteiger partial charge on any atom is -0.497 e. The van der Waals surface area contributed by atoms with Gasteiger partial charge in [-0.15, -0.1) is 0 Å². The van der Waals surface area contributed by atoms with E-state index in [2.05, 4.69) is 32.7 Å². The zero-order valence-electron chi connectivity index (χ0n) is 21.9. The van der Waals surface area contributed by atoms with Gasteiger partial charge in [-0.2, -0.15) is 0 Å². The Bertz CT molecular complexity index is 1450. The normalized spacial score (nSPS) is 16.9. The van der Waals surface area contributed by atoms with Crippen molar-refractivity contribution in [2.75, 3.05) is 43.5 Å². The SMILES string of the molecule is COc1cccc(C2CN(c3nc(-c4cccnc4)nc4c3CN(C(=O)Nc3ccccc3)CC4)CCN2)c1. The molecule has 1 fully saturated rings. The van der Waals surface area contributed by atoms with Gasteiger partial charge < -0.3 is 25.2 Å². The Hall–Kier alpha value is -4.50. The van der Waals surface area contributed by atoms with Crippen molar-refractivity contribution in [3.05, 3.63) is 95.9 Å². The number of hydrogen-bond donors (Lipinski definition) is 2. The summed E-state index contributed by atoms with van der Waals surface area (Å²) < 4.78 is 5.46. The summed E-state index contributed by atoms with van der Waals surface area (Å²) in [6.45, 7) is 3.38. The van der Waals surface area contributed by atoms with Crippen LogP contribution in [0.25, 0.3) is 11.4 Å². The van der Waals surface area contributed by atoms with Gasteiger partial charge in [0, 0.05) is 61.8 Å². The van der Waals surface area contributed by atoms with E-state index in [1.165, 1.54) is 5.56 Å². The molecule has 2 aromatic carbocycles. The second-order valence-corrected chi connectivity index (χ2v) is 9.73. The molecule has 2 aromatic heterocycles. The van der Waals surface area contributed by atoms with Crippen molar-refractivity contribution in [2.24, 2.45) is 0 Å². The average molecular weight is 522 g/mol. The third kappa shape index (κ3) is 5.39. The number of anilines is 2. The quantitative estimate of drug-likeness (QED) is 0.405. The van der Waals surface area contributed by atoms with Crippen LogP contribution in [0.2, 0.25) is 0 Å². The van der Waals surface area contributed by atoms with Crippen molar-refractivity contribution in [2.45, 2.75) is 19.0 Å². The fourth-order valence-corrected chi connectivity index (χ4v) is 5.20. The standard InChI is InChI=1S/C30H31N7O2/c1-39-24-11-5-7-21(17-24)27-20-36(16-14-32-27)29-25-19-37(30(38)33-23-9-3-2-4-10-23)15-12-26(25)34-28(35-29)22-8-6-13-31-18-22/h2-11,13,17-18,27,32H,12,14-16,19-20H2,1H3,(H,33,38). The van der Waals surface area contributed by atoms with E-state index in [0.717, 1.165) is 53.7 Å². The van der Waals surface area contributed by atoms with Crippen LogP contribution >= 0.6 is 0 Å². The number of hydrogen-bond acceptors (Lipinski definition) is 7. The van der Waals surface area contributed by atoms with Crippen LogP contribution in [-0.2, 0) is 13.0 Å². The molecular formula is C30H31N7O2. The van der Waals surface area contributed by atoms with Crippen molar-refractivity contribution < 1.29 is 9.53 Å². The van der Waals surface area contributed by atoms with E-state index >= 15 is 0 Å². The van der Waals surface area contributed by atoms with Gasteiger partial charge in [-0.3, -0.25) is 4.98 Å². The molecule has 0 radical (unpaired) electrons. The molecule has 4 aromatic rings. The maximum absolute atomic E-state index is 13.2. The van der Waals surface area contributed by atoms with Crippen LogP contribution in [0, 0.1) is 0 Å². The van der Waals surface area contributed by atoms with Crippen molar-refractivity contribution >= 4 is 17.5 Å². The first-order chi connectivity index (χ1) is 19.2. The van der Waals surface area contributed by atoms with Gasteiger partial charge in [0.1, 0.15) is 11.6 Å². The van der Waals surface area contributed by atoms with Crippen LogP contribution in [0.3, 0.4) is 0 Å². The van der Waals surface area contributed by atoms with Crippen LogP contribution in [0.1, 0.15) is 22.9 Å². The Morgan fingerprint density at radius 1 is 1.05 bits per heavy atom. The predicted octanol–water partition coefficient (Wildman–Crippen LogP) is 4.29. The smallest absolute Gasteiger partial charge is 0.322 e. The van der Waals surface area contributed by atoms with Crippen molar-refractivity contribution in [1.29, 1.82) is 0 Å². The van der Waals surface area contributed by atoms with Gasteiger partial charge in [0.15, 0.2) is 5.82 Å². The molecule has 1 atom stereocenters. The van der Waals surface area contributed by atoms with Gasteiger partial charge >= 0.3 is 6.03 Å². The number of nitrogens with zero attached hydrogens (tertiary/aromatic N) is 5. The van der Waals surface area contributed by atoms with Gasteiger partial charge in [-0.1, -0.05) is 30.3 Å². The van der Waals surface area contributed by atoms with Crippen LogP contribution in [0.15, 0.2) is 79.1 Å². The fraction of sp³-hybridized carbons (Fsp3) is 0.267. The Balaban J connectivity index is 1.33. The number of carbonyl (C=O) groups excluding carboxylic acids is 1. The molecule has 1 saturated heterocycles. The second-order valence-electron chi connectivity index (χ2n) is 9.73. The Kier molecular flexibility index (Phi) is 7.05. The first-order valence-corrected chi connectivity index (χ1v) is 13.2. The Morgan fingerprint density at radius 3 is 2.77 bits per heavy atom. The van der Waals surface area contributed by atoms with Gasteiger partial charge in [0.25, 0.3) is 0 Å².